The van der Waals surface area contributed by atoms with Crippen molar-refractivity contribution < 1.29 is 4.21 Å². The van der Waals surface area contributed by atoms with Crippen LogP contribution >= 0.6 is 0 Å². The van der Waals surface area contributed by atoms with Gasteiger partial charge in [-0.1, -0.05) is 32.6 Å². The molecule has 14 heavy (non-hydrogen) atoms. The lowest BCUT2D eigenvalue weighted by Crippen LogP contribution is -2.32. The first kappa shape index (κ1) is 12.2. The van der Waals surface area contributed by atoms with Gasteiger partial charge < -0.3 is 5.73 Å². The Morgan fingerprint density at radius 2 is 2.00 bits per heavy atom. The summed E-state index contributed by atoms with van der Waals surface area (Å²) in [6.45, 7) is 2.13. The van der Waals surface area contributed by atoms with Crippen molar-refractivity contribution in [2.45, 2.75) is 63.2 Å². The molecule has 1 fully saturated rings. The average Bonchev–Trinajstić information content (AvgIpc) is 2.19. The highest BCUT2D eigenvalue weighted by Crippen LogP contribution is 2.22. The van der Waals surface area contributed by atoms with Crippen LogP contribution in [0.25, 0.3) is 0 Å². The molecule has 0 amide bonds. The van der Waals surface area contributed by atoms with Crippen molar-refractivity contribution in [3.05, 3.63) is 0 Å². The van der Waals surface area contributed by atoms with Crippen LogP contribution in [0, 0.1) is 0 Å². The molecule has 0 aromatic heterocycles. The minimum atomic E-state index is -0.663. The van der Waals surface area contributed by atoms with Crippen molar-refractivity contribution in [2.24, 2.45) is 5.73 Å². The van der Waals surface area contributed by atoms with Crippen LogP contribution in [0.15, 0.2) is 0 Å². The van der Waals surface area contributed by atoms with E-state index in [1.165, 1.54) is 19.3 Å². The third kappa shape index (κ3) is 4.09. The van der Waals surface area contributed by atoms with E-state index in [2.05, 4.69) is 6.92 Å². The summed E-state index contributed by atoms with van der Waals surface area (Å²) in [5.74, 6) is 0.721. The highest BCUT2D eigenvalue weighted by molar-refractivity contribution is 7.85. The van der Waals surface area contributed by atoms with Gasteiger partial charge in [0.05, 0.1) is 0 Å². The molecule has 0 saturated heterocycles. The molecule has 84 valence electrons. The summed E-state index contributed by atoms with van der Waals surface area (Å²) in [5, 5.41) is 0.451. The summed E-state index contributed by atoms with van der Waals surface area (Å²) < 4.78 is 11.9. The molecule has 0 heterocycles. The third-order valence-corrected chi connectivity index (χ3v) is 4.93. The first-order valence-corrected chi connectivity index (χ1v) is 7.25. The SMILES string of the molecule is CCCC(N)CS(=O)C1CCCCC1. The summed E-state index contributed by atoms with van der Waals surface area (Å²) >= 11 is 0. The second-order valence-electron chi connectivity index (χ2n) is 4.36. The van der Waals surface area contributed by atoms with E-state index in [-0.39, 0.29) is 6.04 Å². The zero-order valence-electron chi connectivity index (χ0n) is 9.21. The van der Waals surface area contributed by atoms with Crippen LogP contribution < -0.4 is 5.73 Å². The number of hydrogen-bond donors (Lipinski definition) is 1. The molecule has 0 aromatic carbocycles. The molecule has 0 aliphatic heterocycles. The first-order chi connectivity index (χ1) is 6.74. The molecule has 2 N–H and O–H groups in total. The first-order valence-electron chi connectivity index (χ1n) is 5.86. The molecule has 3 heteroatoms. The van der Waals surface area contributed by atoms with Crippen LogP contribution in [-0.2, 0) is 10.8 Å². The minimum Gasteiger partial charge on any atom is -0.327 e. The van der Waals surface area contributed by atoms with Gasteiger partial charge in [0.15, 0.2) is 0 Å². The van der Waals surface area contributed by atoms with E-state index in [9.17, 15) is 4.21 Å². The fourth-order valence-corrected chi connectivity index (χ4v) is 3.85. The maximum absolute atomic E-state index is 11.9. The van der Waals surface area contributed by atoms with E-state index in [1.807, 2.05) is 0 Å². The molecule has 0 radical (unpaired) electrons. The minimum absolute atomic E-state index is 0.155. The molecule has 0 spiro atoms. The van der Waals surface area contributed by atoms with E-state index in [1.54, 1.807) is 0 Å². The Bertz CT molecular complexity index is 178. The topological polar surface area (TPSA) is 43.1 Å². The van der Waals surface area contributed by atoms with Crippen LogP contribution in [0.2, 0.25) is 0 Å². The lowest BCUT2D eigenvalue weighted by Gasteiger charge is -2.22. The second-order valence-corrected chi connectivity index (χ2v) is 6.12. The maximum atomic E-state index is 11.9. The van der Waals surface area contributed by atoms with Crippen molar-refractivity contribution in [3.8, 4) is 0 Å². The molecular weight excluding hydrogens is 194 g/mol. The zero-order chi connectivity index (χ0) is 10.4. The fourth-order valence-electron chi connectivity index (χ4n) is 2.13. The Kier molecular flexibility index (Phi) is 5.71. The van der Waals surface area contributed by atoms with Gasteiger partial charge in [0.2, 0.25) is 0 Å². The molecule has 2 unspecified atom stereocenters. The second kappa shape index (κ2) is 6.57. The average molecular weight is 217 g/mol. The van der Waals surface area contributed by atoms with Crippen LogP contribution in [0.4, 0.5) is 0 Å². The van der Waals surface area contributed by atoms with Crippen molar-refractivity contribution in [2.75, 3.05) is 5.75 Å². The summed E-state index contributed by atoms with van der Waals surface area (Å²) in [4.78, 5) is 0. The van der Waals surface area contributed by atoms with Gasteiger partial charge >= 0.3 is 0 Å². The highest BCUT2D eigenvalue weighted by Gasteiger charge is 2.20. The molecule has 1 saturated carbocycles. The Balaban J connectivity index is 2.25. The van der Waals surface area contributed by atoms with E-state index < -0.39 is 10.8 Å². The van der Waals surface area contributed by atoms with Gasteiger partial charge in [0.1, 0.15) is 0 Å². The smallest absolute Gasteiger partial charge is 0.0389 e. The number of hydrogen-bond acceptors (Lipinski definition) is 2. The lowest BCUT2D eigenvalue weighted by atomic mass is 10.0. The van der Waals surface area contributed by atoms with Gasteiger partial charge in [-0.2, -0.15) is 0 Å². The van der Waals surface area contributed by atoms with E-state index >= 15 is 0 Å². The van der Waals surface area contributed by atoms with Gasteiger partial charge in [-0.15, -0.1) is 0 Å². The molecule has 2 nitrogen and oxygen atoms in total. The lowest BCUT2D eigenvalue weighted by molar-refractivity contribution is 0.502. The Labute approximate surface area is 90.1 Å². The third-order valence-electron chi connectivity index (χ3n) is 2.96. The quantitative estimate of drug-likeness (QED) is 0.767. The largest absolute Gasteiger partial charge is 0.327 e. The molecule has 0 bridgehead atoms. The van der Waals surface area contributed by atoms with Gasteiger partial charge in [-0.05, 0) is 19.3 Å². The summed E-state index contributed by atoms with van der Waals surface area (Å²) in [6, 6.07) is 0.155. The summed E-state index contributed by atoms with van der Waals surface area (Å²) in [5.41, 5.74) is 5.90. The van der Waals surface area contributed by atoms with Gasteiger partial charge in [-0.25, -0.2) is 0 Å². The van der Waals surface area contributed by atoms with Crippen LogP contribution in [0.3, 0.4) is 0 Å². The normalized spacial score (nSPS) is 23.3. The van der Waals surface area contributed by atoms with Crippen LogP contribution in [0.1, 0.15) is 51.9 Å². The predicted octanol–water partition coefficient (Wildman–Crippen LogP) is 2.20. The number of nitrogens with two attached hydrogens (primary N) is 1. The van der Waals surface area contributed by atoms with E-state index in [0.29, 0.717) is 5.25 Å². The zero-order valence-corrected chi connectivity index (χ0v) is 10.0. The monoisotopic (exact) mass is 217 g/mol. The van der Waals surface area contributed by atoms with E-state index in [4.69, 9.17) is 5.73 Å². The number of rotatable bonds is 5. The molecule has 1 aliphatic rings. The molecule has 2 atom stereocenters. The van der Waals surface area contributed by atoms with Crippen molar-refractivity contribution in [1.29, 1.82) is 0 Å². The molecule has 1 rings (SSSR count). The van der Waals surface area contributed by atoms with Gasteiger partial charge in [-0.3, -0.25) is 4.21 Å². The van der Waals surface area contributed by atoms with E-state index in [0.717, 1.165) is 31.4 Å². The predicted molar refractivity (Wildman–Crippen MR) is 62.8 cm³/mol. The molecular formula is C11H23NOS. The van der Waals surface area contributed by atoms with Crippen molar-refractivity contribution in [3.63, 3.8) is 0 Å². The Morgan fingerprint density at radius 3 is 2.57 bits per heavy atom. The summed E-state index contributed by atoms with van der Waals surface area (Å²) in [7, 11) is -0.663. The summed E-state index contributed by atoms with van der Waals surface area (Å²) in [6.07, 6.45) is 8.28. The maximum Gasteiger partial charge on any atom is 0.0389 e. The Morgan fingerprint density at radius 1 is 1.36 bits per heavy atom. The molecule has 1 aliphatic carbocycles. The van der Waals surface area contributed by atoms with Crippen LogP contribution in [0.5, 0.6) is 0 Å². The van der Waals surface area contributed by atoms with Gasteiger partial charge in [0.25, 0.3) is 0 Å². The van der Waals surface area contributed by atoms with Crippen LogP contribution in [-0.4, -0.2) is 21.3 Å². The molecule has 0 aromatic rings. The highest BCUT2D eigenvalue weighted by atomic mass is 32.2. The van der Waals surface area contributed by atoms with Crippen molar-refractivity contribution in [1.82, 2.24) is 0 Å². The Hall–Kier alpha value is 0.110. The fraction of sp³-hybridized carbons (Fsp3) is 1.00. The van der Waals surface area contributed by atoms with Crippen molar-refractivity contribution >= 4 is 10.8 Å². The van der Waals surface area contributed by atoms with Gasteiger partial charge in [0, 0.05) is 27.8 Å². The standard InChI is InChI=1S/C11H23NOS/c1-2-6-10(12)9-14(13)11-7-4-3-5-8-11/h10-11H,2-9,12H2,1H3.